The molecule has 0 aliphatic carbocycles. The van der Waals surface area contributed by atoms with E-state index in [-0.39, 0.29) is 31.3 Å². The summed E-state index contributed by atoms with van der Waals surface area (Å²) in [5.74, 6) is -1.55. The minimum absolute atomic E-state index is 0.144. The molecule has 0 radical (unpaired) electrons. The molecular formula is C17H24N2O4. The van der Waals surface area contributed by atoms with Gasteiger partial charge in [0, 0.05) is 20.0 Å². The van der Waals surface area contributed by atoms with Gasteiger partial charge >= 0.3 is 5.97 Å². The summed E-state index contributed by atoms with van der Waals surface area (Å²) in [5.41, 5.74) is 2.93. The standard InChI is InChI=1S/C17H24N2O4/c1-11-5-6-12(2)15(9-11)10-16(21)19(13(3)17(22)23)8-7-18-14(4)20/h5-6,9,13H,7-8,10H2,1-4H3,(H,18,20)(H,22,23). The van der Waals surface area contributed by atoms with Crippen LogP contribution in [0.5, 0.6) is 0 Å². The van der Waals surface area contributed by atoms with Gasteiger partial charge in [0.05, 0.1) is 6.42 Å². The number of carbonyl (C=O) groups excluding carboxylic acids is 2. The van der Waals surface area contributed by atoms with Gasteiger partial charge in [0.2, 0.25) is 11.8 Å². The summed E-state index contributed by atoms with van der Waals surface area (Å²) >= 11 is 0. The van der Waals surface area contributed by atoms with E-state index in [4.69, 9.17) is 0 Å². The molecule has 1 aromatic rings. The van der Waals surface area contributed by atoms with Crippen LogP contribution in [0.15, 0.2) is 18.2 Å². The van der Waals surface area contributed by atoms with Gasteiger partial charge in [-0.15, -0.1) is 0 Å². The Labute approximate surface area is 136 Å². The molecule has 1 unspecified atom stereocenters. The maximum Gasteiger partial charge on any atom is 0.326 e. The minimum atomic E-state index is -1.07. The van der Waals surface area contributed by atoms with E-state index in [0.29, 0.717) is 0 Å². The van der Waals surface area contributed by atoms with Crippen LogP contribution in [0.2, 0.25) is 0 Å². The van der Waals surface area contributed by atoms with Crippen LogP contribution in [-0.2, 0) is 20.8 Å². The Bertz CT molecular complexity index is 598. The van der Waals surface area contributed by atoms with E-state index in [1.54, 1.807) is 0 Å². The first-order valence-electron chi connectivity index (χ1n) is 7.55. The smallest absolute Gasteiger partial charge is 0.326 e. The molecule has 0 aliphatic heterocycles. The number of aliphatic carboxylic acids is 1. The van der Waals surface area contributed by atoms with Crippen molar-refractivity contribution in [3.8, 4) is 0 Å². The summed E-state index contributed by atoms with van der Waals surface area (Å²) in [7, 11) is 0. The number of carboxylic acids is 1. The van der Waals surface area contributed by atoms with Gasteiger partial charge in [-0.25, -0.2) is 4.79 Å². The highest BCUT2D eigenvalue weighted by Gasteiger charge is 2.25. The van der Waals surface area contributed by atoms with Crippen LogP contribution in [0.4, 0.5) is 0 Å². The van der Waals surface area contributed by atoms with Crippen molar-refractivity contribution in [2.45, 2.75) is 40.2 Å². The van der Waals surface area contributed by atoms with E-state index >= 15 is 0 Å². The summed E-state index contributed by atoms with van der Waals surface area (Å²) in [6.07, 6.45) is 0.144. The molecule has 1 rings (SSSR count). The van der Waals surface area contributed by atoms with E-state index in [2.05, 4.69) is 5.32 Å². The van der Waals surface area contributed by atoms with Crippen LogP contribution >= 0.6 is 0 Å². The molecule has 0 bridgehead atoms. The molecule has 0 heterocycles. The first-order valence-corrected chi connectivity index (χ1v) is 7.55. The third kappa shape index (κ3) is 5.73. The zero-order chi connectivity index (χ0) is 17.6. The number of aryl methyl sites for hydroxylation is 2. The van der Waals surface area contributed by atoms with Crippen molar-refractivity contribution in [3.63, 3.8) is 0 Å². The molecule has 23 heavy (non-hydrogen) atoms. The fraction of sp³-hybridized carbons (Fsp3) is 0.471. The lowest BCUT2D eigenvalue weighted by Crippen LogP contribution is -2.47. The molecule has 0 saturated carbocycles. The topological polar surface area (TPSA) is 86.7 Å². The third-order valence-corrected chi connectivity index (χ3v) is 3.72. The Hall–Kier alpha value is -2.37. The number of nitrogens with zero attached hydrogens (tertiary/aromatic N) is 1. The number of amides is 2. The molecule has 6 nitrogen and oxygen atoms in total. The number of nitrogens with one attached hydrogen (secondary N) is 1. The quantitative estimate of drug-likeness (QED) is 0.792. The first-order chi connectivity index (χ1) is 10.7. The molecular weight excluding hydrogens is 296 g/mol. The van der Waals surface area contributed by atoms with Crippen LogP contribution in [-0.4, -0.2) is 46.9 Å². The molecule has 1 aromatic carbocycles. The van der Waals surface area contributed by atoms with E-state index in [1.807, 2.05) is 32.0 Å². The molecule has 2 N–H and O–H groups in total. The number of rotatable bonds is 7. The zero-order valence-electron chi connectivity index (χ0n) is 14.0. The Morgan fingerprint density at radius 1 is 1.26 bits per heavy atom. The zero-order valence-corrected chi connectivity index (χ0v) is 14.0. The van der Waals surface area contributed by atoms with Gasteiger partial charge in [-0.2, -0.15) is 0 Å². The highest BCUT2D eigenvalue weighted by Crippen LogP contribution is 2.13. The van der Waals surface area contributed by atoms with E-state index in [1.165, 1.54) is 18.7 Å². The van der Waals surface area contributed by atoms with Gasteiger partial charge in [0.25, 0.3) is 0 Å². The molecule has 0 saturated heterocycles. The van der Waals surface area contributed by atoms with E-state index < -0.39 is 12.0 Å². The fourth-order valence-corrected chi connectivity index (χ4v) is 2.28. The maximum atomic E-state index is 12.5. The van der Waals surface area contributed by atoms with Crippen LogP contribution in [0, 0.1) is 13.8 Å². The van der Waals surface area contributed by atoms with E-state index in [9.17, 15) is 19.5 Å². The molecule has 0 aliphatic rings. The highest BCUT2D eigenvalue weighted by molar-refractivity contribution is 5.85. The number of hydrogen-bond donors (Lipinski definition) is 2. The molecule has 0 spiro atoms. The molecule has 1 atom stereocenters. The summed E-state index contributed by atoms with van der Waals surface area (Å²) in [6, 6.07) is 4.91. The third-order valence-electron chi connectivity index (χ3n) is 3.72. The maximum absolute atomic E-state index is 12.5. The lowest BCUT2D eigenvalue weighted by Gasteiger charge is -2.27. The van der Waals surface area contributed by atoms with Crippen LogP contribution in [0.25, 0.3) is 0 Å². The van der Waals surface area contributed by atoms with Gasteiger partial charge in [-0.3, -0.25) is 9.59 Å². The van der Waals surface area contributed by atoms with Crippen LogP contribution in [0.3, 0.4) is 0 Å². The van der Waals surface area contributed by atoms with Gasteiger partial charge < -0.3 is 15.3 Å². The van der Waals surface area contributed by atoms with Gasteiger partial charge in [0.1, 0.15) is 6.04 Å². The Balaban J connectivity index is 2.87. The monoisotopic (exact) mass is 320 g/mol. The van der Waals surface area contributed by atoms with Crippen molar-refractivity contribution in [1.29, 1.82) is 0 Å². The Morgan fingerprint density at radius 3 is 2.48 bits per heavy atom. The molecule has 0 fully saturated rings. The molecule has 126 valence electrons. The summed E-state index contributed by atoms with van der Waals surface area (Å²) in [6.45, 7) is 7.11. The average Bonchev–Trinajstić information content (AvgIpc) is 2.46. The SMILES string of the molecule is CC(=O)NCCN(C(=O)Cc1cc(C)ccc1C)C(C)C(=O)O. The van der Waals surface area contributed by atoms with E-state index in [0.717, 1.165) is 16.7 Å². The van der Waals surface area contributed by atoms with Crippen molar-refractivity contribution in [3.05, 3.63) is 34.9 Å². The number of carboxylic acid groups (broad SMARTS) is 1. The number of benzene rings is 1. The van der Waals surface area contributed by atoms with Gasteiger partial charge in [0.15, 0.2) is 0 Å². The lowest BCUT2D eigenvalue weighted by atomic mass is 10.0. The molecule has 0 aromatic heterocycles. The van der Waals surface area contributed by atoms with Crippen molar-refractivity contribution >= 4 is 17.8 Å². The molecule has 6 heteroatoms. The normalized spacial score (nSPS) is 11.7. The van der Waals surface area contributed by atoms with Gasteiger partial charge in [-0.1, -0.05) is 23.8 Å². The highest BCUT2D eigenvalue weighted by atomic mass is 16.4. The summed E-state index contributed by atoms with van der Waals surface area (Å²) in [4.78, 5) is 36.0. The van der Waals surface area contributed by atoms with Crippen molar-refractivity contribution in [2.75, 3.05) is 13.1 Å². The first kappa shape index (κ1) is 18.7. The predicted molar refractivity (Wildman–Crippen MR) is 87.1 cm³/mol. The number of hydrogen-bond acceptors (Lipinski definition) is 3. The Morgan fingerprint density at radius 2 is 1.91 bits per heavy atom. The largest absolute Gasteiger partial charge is 0.480 e. The fourth-order valence-electron chi connectivity index (χ4n) is 2.28. The summed E-state index contributed by atoms with van der Waals surface area (Å²) in [5, 5.41) is 11.8. The molecule has 2 amide bonds. The van der Waals surface area contributed by atoms with Gasteiger partial charge in [-0.05, 0) is 31.9 Å². The summed E-state index contributed by atoms with van der Waals surface area (Å²) < 4.78 is 0. The van der Waals surface area contributed by atoms with Crippen molar-refractivity contribution in [1.82, 2.24) is 10.2 Å². The van der Waals surface area contributed by atoms with Crippen molar-refractivity contribution in [2.24, 2.45) is 0 Å². The van der Waals surface area contributed by atoms with Crippen LogP contribution < -0.4 is 5.32 Å². The lowest BCUT2D eigenvalue weighted by molar-refractivity contribution is -0.149. The predicted octanol–water partition coefficient (Wildman–Crippen LogP) is 1.28. The second-order valence-corrected chi connectivity index (χ2v) is 5.69. The second-order valence-electron chi connectivity index (χ2n) is 5.69. The average molecular weight is 320 g/mol. The number of carbonyl (C=O) groups is 3. The Kier molecular flexibility index (Phi) is 6.75. The second kappa shape index (κ2) is 8.31. The van der Waals surface area contributed by atoms with Crippen molar-refractivity contribution < 1.29 is 19.5 Å². The minimum Gasteiger partial charge on any atom is -0.480 e. The van der Waals surface area contributed by atoms with Crippen LogP contribution in [0.1, 0.15) is 30.5 Å².